The molecule has 1 aromatic carbocycles. The predicted octanol–water partition coefficient (Wildman–Crippen LogP) is 0.873. The fourth-order valence-corrected chi connectivity index (χ4v) is 1.55. The van der Waals surface area contributed by atoms with Crippen LogP contribution in [0.15, 0.2) is 24.3 Å². The lowest BCUT2D eigenvalue weighted by molar-refractivity contribution is -0.125. The van der Waals surface area contributed by atoms with Crippen LogP contribution in [0.5, 0.6) is 0 Å². The summed E-state index contributed by atoms with van der Waals surface area (Å²) < 4.78 is 5.04. The number of benzene rings is 1. The molecule has 0 saturated carbocycles. The van der Waals surface area contributed by atoms with Crippen LogP contribution in [0, 0.1) is 5.92 Å². The molecule has 0 unspecified atom stereocenters. The minimum atomic E-state index is -0.194. The molecule has 2 amide bonds. The summed E-state index contributed by atoms with van der Waals surface area (Å²) in [7, 11) is 0. The summed E-state index contributed by atoms with van der Waals surface area (Å²) in [6.45, 7) is 4.81. The zero-order valence-corrected chi connectivity index (χ0v) is 12.5. The summed E-state index contributed by atoms with van der Waals surface area (Å²) in [6, 6.07) is 7.37. The first-order chi connectivity index (χ1) is 10.0. The molecule has 1 rings (SSSR count). The van der Waals surface area contributed by atoms with Gasteiger partial charge in [0.05, 0.1) is 6.61 Å². The number of hydrogen-bond donors (Lipinski definition) is 3. The molecule has 116 valence electrons. The lowest BCUT2D eigenvalue weighted by Crippen LogP contribution is -2.28. The van der Waals surface area contributed by atoms with E-state index < -0.39 is 0 Å². The number of hydrogen-bond acceptors (Lipinski definition) is 4. The van der Waals surface area contributed by atoms with Crippen molar-refractivity contribution in [3.8, 4) is 0 Å². The number of rotatable bonds is 8. The molecular formula is C15H23N3O3. The molecule has 6 nitrogen and oxygen atoms in total. The van der Waals surface area contributed by atoms with E-state index in [1.165, 1.54) is 0 Å². The van der Waals surface area contributed by atoms with Crippen LogP contribution in [0.4, 0.5) is 5.69 Å². The van der Waals surface area contributed by atoms with Crippen LogP contribution in [0.1, 0.15) is 19.4 Å². The van der Waals surface area contributed by atoms with Crippen LogP contribution in [0.3, 0.4) is 0 Å². The number of ether oxygens (including phenoxy) is 1. The summed E-state index contributed by atoms with van der Waals surface area (Å²) in [4.78, 5) is 23.1. The van der Waals surface area contributed by atoms with Gasteiger partial charge >= 0.3 is 0 Å². The number of carbonyl (C=O) groups excluding carboxylic acids is 2. The molecule has 0 radical (unpaired) electrons. The van der Waals surface area contributed by atoms with Gasteiger partial charge < -0.3 is 21.1 Å². The van der Waals surface area contributed by atoms with Gasteiger partial charge in [-0.05, 0) is 17.7 Å². The molecular weight excluding hydrogens is 270 g/mol. The summed E-state index contributed by atoms with van der Waals surface area (Å²) >= 11 is 0. The third-order valence-corrected chi connectivity index (χ3v) is 2.70. The van der Waals surface area contributed by atoms with Gasteiger partial charge in [-0.1, -0.05) is 26.0 Å². The molecule has 0 aliphatic heterocycles. The fraction of sp³-hybridized carbons (Fsp3) is 0.467. The Morgan fingerprint density at radius 3 is 2.76 bits per heavy atom. The first-order valence-corrected chi connectivity index (χ1v) is 6.97. The van der Waals surface area contributed by atoms with Gasteiger partial charge in [0.15, 0.2) is 0 Å². The van der Waals surface area contributed by atoms with Crippen molar-refractivity contribution in [1.29, 1.82) is 0 Å². The molecule has 1 aromatic rings. The first-order valence-electron chi connectivity index (χ1n) is 6.97. The Balaban J connectivity index is 2.45. The second-order valence-electron chi connectivity index (χ2n) is 4.96. The average molecular weight is 293 g/mol. The molecule has 0 bridgehead atoms. The third kappa shape index (κ3) is 6.87. The minimum Gasteiger partial charge on any atom is -0.370 e. The molecule has 21 heavy (non-hydrogen) atoms. The maximum Gasteiger partial charge on any atom is 0.246 e. The predicted molar refractivity (Wildman–Crippen MR) is 81.6 cm³/mol. The largest absolute Gasteiger partial charge is 0.370 e. The van der Waals surface area contributed by atoms with Crippen molar-refractivity contribution in [2.45, 2.75) is 20.4 Å². The average Bonchev–Trinajstić information content (AvgIpc) is 2.45. The number of amides is 2. The highest BCUT2D eigenvalue weighted by Gasteiger charge is 2.07. The molecule has 0 atom stereocenters. The summed E-state index contributed by atoms with van der Waals surface area (Å²) in [5.41, 5.74) is 6.89. The summed E-state index contributed by atoms with van der Waals surface area (Å²) in [6.07, 6.45) is 0. The summed E-state index contributed by atoms with van der Waals surface area (Å²) in [5.74, 6) is -0.306. The van der Waals surface area contributed by atoms with Crippen LogP contribution in [0.25, 0.3) is 0 Å². The normalized spacial score (nSPS) is 10.5. The second-order valence-corrected chi connectivity index (χ2v) is 4.96. The van der Waals surface area contributed by atoms with Gasteiger partial charge in [-0.25, -0.2) is 0 Å². The monoisotopic (exact) mass is 293 g/mol. The van der Waals surface area contributed by atoms with Gasteiger partial charge in [-0.3, -0.25) is 9.59 Å². The van der Waals surface area contributed by atoms with E-state index in [4.69, 9.17) is 10.5 Å². The molecule has 0 fully saturated rings. The number of carbonyl (C=O) groups is 2. The van der Waals surface area contributed by atoms with E-state index in [2.05, 4.69) is 10.6 Å². The van der Waals surface area contributed by atoms with Crippen LogP contribution < -0.4 is 16.4 Å². The van der Waals surface area contributed by atoms with Gasteiger partial charge in [0.1, 0.15) is 6.61 Å². The van der Waals surface area contributed by atoms with E-state index in [-0.39, 0.29) is 24.3 Å². The highest BCUT2D eigenvalue weighted by molar-refractivity contribution is 5.92. The maximum absolute atomic E-state index is 11.6. The van der Waals surface area contributed by atoms with Gasteiger partial charge in [0, 0.05) is 24.7 Å². The van der Waals surface area contributed by atoms with Crippen molar-refractivity contribution in [2.24, 2.45) is 11.7 Å². The smallest absolute Gasteiger partial charge is 0.246 e. The molecule has 4 N–H and O–H groups in total. The lowest BCUT2D eigenvalue weighted by Gasteiger charge is -2.10. The topological polar surface area (TPSA) is 93.5 Å². The van der Waals surface area contributed by atoms with Crippen LogP contribution in [0.2, 0.25) is 0 Å². The van der Waals surface area contributed by atoms with Crippen molar-refractivity contribution >= 4 is 17.5 Å². The Labute approximate surface area is 125 Å². The van der Waals surface area contributed by atoms with Gasteiger partial charge in [-0.15, -0.1) is 0 Å². The van der Waals surface area contributed by atoms with Crippen molar-refractivity contribution in [2.75, 3.05) is 25.1 Å². The molecule has 0 aliphatic carbocycles. The van der Waals surface area contributed by atoms with Crippen LogP contribution in [-0.4, -0.2) is 31.6 Å². The van der Waals surface area contributed by atoms with Crippen molar-refractivity contribution < 1.29 is 14.3 Å². The zero-order valence-electron chi connectivity index (χ0n) is 12.5. The Hall–Kier alpha value is -1.92. The molecule has 0 aromatic heterocycles. The molecule has 0 heterocycles. The summed E-state index contributed by atoms with van der Waals surface area (Å²) in [5, 5.41) is 5.56. The highest BCUT2D eigenvalue weighted by Crippen LogP contribution is 2.11. The van der Waals surface area contributed by atoms with Crippen molar-refractivity contribution in [3.63, 3.8) is 0 Å². The van der Waals surface area contributed by atoms with Gasteiger partial charge in [0.2, 0.25) is 11.8 Å². The first kappa shape index (κ1) is 17.1. The van der Waals surface area contributed by atoms with E-state index in [1.54, 1.807) is 0 Å². The Morgan fingerprint density at radius 1 is 1.33 bits per heavy atom. The Kier molecular flexibility index (Phi) is 7.42. The standard InChI is InChI=1S/C15H23N3O3/c1-11(2)15(20)18-13-5-3-4-12(8-13)9-17-14(19)10-21-7-6-16/h3-5,8,11H,6-7,9-10,16H2,1-2H3,(H,17,19)(H,18,20). The van der Waals surface area contributed by atoms with Crippen molar-refractivity contribution in [3.05, 3.63) is 29.8 Å². The zero-order chi connectivity index (χ0) is 15.7. The van der Waals surface area contributed by atoms with E-state index >= 15 is 0 Å². The van der Waals surface area contributed by atoms with E-state index in [1.807, 2.05) is 38.1 Å². The maximum atomic E-state index is 11.6. The molecule has 0 saturated heterocycles. The van der Waals surface area contributed by atoms with Gasteiger partial charge in [-0.2, -0.15) is 0 Å². The van der Waals surface area contributed by atoms with E-state index in [0.717, 1.165) is 11.3 Å². The van der Waals surface area contributed by atoms with E-state index in [0.29, 0.717) is 19.7 Å². The molecule has 0 spiro atoms. The van der Waals surface area contributed by atoms with Crippen LogP contribution in [-0.2, 0) is 20.9 Å². The Bertz CT molecular complexity index is 475. The minimum absolute atomic E-state index is 0.000968. The SMILES string of the molecule is CC(C)C(=O)Nc1cccc(CNC(=O)COCCN)c1. The van der Waals surface area contributed by atoms with Gasteiger partial charge in [0.25, 0.3) is 0 Å². The fourth-order valence-electron chi connectivity index (χ4n) is 1.55. The molecule has 0 aliphatic rings. The van der Waals surface area contributed by atoms with E-state index in [9.17, 15) is 9.59 Å². The van der Waals surface area contributed by atoms with Crippen LogP contribution >= 0.6 is 0 Å². The lowest BCUT2D eigenvalue weighted by atomic mass is 10.1. The second kappa shape index (κ2) is 9.10. The quantitative estimate of drug-likeness (QED) is 0.620. The number of nitrogens with one attached hydrogen (secondary N) is 2. The third-order valence-electron chi connectivity index (χ3n) is 2.70. The molecule has 6 heteroatoms. The Morgan fingerprint density at radius 2 is 2.10 bits per heavy atom. The number of anilines is 1. The van der Waals surface area contributed by atoms with Crippen molar-refractivity contribution in [1.82, 2.24) is 5.32 Å². The highest BCUT2D eigenvalue weighted by atomic mass is 16.5. The number of nitrogens with two attached hydrogens (primary N) is 1.